The minimum absolute atomic E-state index is 0.00735. The minimum Gasteiger partial charge on any atom is -0.396 e. The highest BCUT2D eigenvalue weighted by molar-refractivity contribution is 9.10. The van der Waals surface area contributed by atoms with Crippen LogP contribution in [0, 0.1) is 0 Å². The highest BCUT2D eigenvalue weighted by atomic mass is 79.9. The largest absolute Gasteiger partial charge is 0.396 e. The summed E-state index contributed by atoms with van der Waals surface area (Å²) < 4.78 is 0.950. The van der Waals surface area contributed by atoms with Crippen LogP contribution in [0.15, 0.2) is 28.7 Å². The molecule has 1 heterocycles. The summed E-state index contributed by atoms with van der Waals surface area (Å²) in [5, 5.41) is 12.0. The lowest BCUT2D eigenvalue weighted by Gasteiger charge is -2.34. The van der Waals surface area contributed by atoms with Crippen molar-refractivity contribution >= 4 is 27.5 Å². The molecular weight excluding hydrogens is 320 g/mol. The quantitative estimate of drug-likeness (QED) is 0.866. The number of hydrogen-bond acceptors (Lipinski definition) is 3. The molecule has 4 nitrogen and oxygen atoms in total. The van der Waals surface area contributed by atoms with Gasteiger partial charge in [0.25, 0.3) is 0 Å². The molecule has 1 unspecified atom stereocenters. The topological polar surface area (TPSA) is 52.6 Å². The molecule has 1 aliphatic heterocycles. The van der Waals surface area contributed by atoms with Gasteiger partial charge < -0.3 is 10.4 Å². The molecule has 1 atom stereocenters. The zero-order chi connectivity index (χ0) is 14.4. The lowest BCUT2D eigenvalue weighted by atomic mass is 10.00. The molecule has 110 valence electrons. The van der Waals surface area contributed by atoms with Gasteiger partial charge in [0.1, 0.15) is 0 Å². The van der Waals surface area contributed by atoms with E-state index in [4.69, 9.17) is 5.11 Å². The van der Waals surface area contributed by atoms with Gasteiger partial charge in [-0.3, -0.25) is 9.69 Å². The number of piperidine rings is 1. The van der Waals surface area contributed by atoms with Crippen LogP contribution in [-0.2, 0) is 4.79 Å². The number of carbonyl (C=O) groups is 1. The predicted molar refractivity (Wildman–Crippen MR) is 83.7 cm³/mol. The third-order valence-electron chi connectivity index (χ3n) is 3.67. The van der Waals surface area contributed by atoms with E-state index in [1.54, 1.807) is 0 Å². The second-order valence-corrected chi connectivity index (χ2v) is 6.11. The van der Waals surface area contributed by atoms with Crippen LogP contribution >= 0.6 is 15.9 Å². The van der Waals surface area contributed by atoms with Crippen molar-refractivity contribution in [1.82, 2.24) is 4.90 Å². The summed E-state index contributed by atoms with van der Waals surface area (Å²) >= 11 is 3.39. The van der Waals surface area contributed by atoms with E-state index >= 15 is 0 Å². The standard InChI is InChI=1S/C15H21BrN2O2/c16-12-4-3-5-13(10-12)17-15(20)11-18-8-2-1-6-14(18)7-9-19/h3-5,10,14,19H,1-2,6-9,11H2,(H,17,20). The molecular formula is C15H21BrN2O2. The van der Waals surface area contributed by atoms with E-state index < -0.39 is 0 Å². The molecule has 0 bridgehead atoms. The van der Waals surface area contributed by atoms with Gasteiger partial charge in [-0.1, -0.05) is 28.4 Å². The summed E-state index contributed by atoms with van der Waals surface area (Å²) in [7, 11) is 0. The Hall–Kier alpha value is -0.910. The number of amides is 1. The smallest absolute Gasteiger partial charge is 0.238 e. The minimum atomic E-state index is 0.00735. The van der Waals surface area contributed by atoms with Crippen LogP contribution in [0.4, 0.5) is 5.69 Å². The van der Waals surface area contributed by atoms with E-state index in [9.17, 15) is 4.79 Å². The van der Waals surface area contributed by atoms with E-state index in [0.29, 0.717) is 12.6 Å². The number of nitrogens with zero attached hydrogens (tertiary/aromatic N) is 1. The van der Waals surface area contributed by atoms with Crippen LogP contribution in [0.2, 0.25) is 0 Å². The van der Waals surface area contributed by atoms with Crippen molar-refractivity contribution in [3.8, 4) is 0 Å². The van der Waals surface area contributed by atoms with Crippen molar-refractivity contribution in [3.05, 3.63) is 28.7 Å². The van der Waals surface area contributed by atoms with Crippen molar-refractivity contribution in [2.24, 2.45) is 0 Å². The van der Waals surface area contributed by atoms with E-state index in [1.807, 2.05) is 24.3 Å². The van der Waals surface area contributed by atoms with Gasteiger partial charge in [-0.15, -0.1) is 0 Å². The number of aliphatic hydroxyl groups excluding tert-OH is 1. The number of carbonyl (C=O) groups excluding carboxylic acids is 1. The van der Waals surface area contributed by atoms with Crippen molar-refractivity contribution < 1.29 is 9.90 Å². The Morgan fingerprint density at radius 1 is 1.45 bits per heavy atom. The van der Waals surface area contributed by atoms with Gasteiger partial charge in [0.2, 0.25) is 5.91 Å². The lowest BCUT2D eigenvalue weighted by Crippen LogP contribution is -2.44. The summed E-state index contributed by atoms with van der Waals surface area (Å²) in [6.45, 7) is 1.53. The highest BCUT2D eigenvalue weighted by Gasteiger charge is 2.23. The number of nitrogens with one attached hydrogen (secondary N) is 1. The van der Waals surface area contributed by atoms with Gasteiger partial charge in [-0.2, -0.15) is 0 Å². The number of rotatable bonds is 5. The molecule has 0 radical (unpaired) electrons. The molecule has 1 aliphatic rings. The van der Waals surface area contributed by atoms with Crippen molar-refractivity contribution in [1.29, 1.82) is 0 Å². The highest BCUT2D eigenvalue weighted by Crippen LogP contribution is 2.20. The Morgan fingerprint density at radius 3 is 3.05 bits per heavy atom. The zero-order valence-electron chi connectivity index (χ0n) is 11.5. The van der Waals surface area contributed by atoms with Gasteiger partial charge in [0.05, 0.1) is 6.54 Å². The fourth-order valence-electron chi connectivity index (χ4n) is 2.70. The molecule has 1 aromatic carbocycles. The van der Waals surface area contributed by atoms with Crippen LogP contribution in [0.3, 0.4) is 0 Å². The van der Waals surface area contributed by atoms with Crippen LogP contribution in [0.5, 0.6) is 0 Å². The van der Waals surface area contributed by atoms with E-state index in [0.717, 1.165) is 36.0 Å². The van der Waals surface area contributed by atoms with Crippen molar-refractivity contribution in [2.75, 3.05) is 25.0 Å². The maximum atomic E-state index is 12.1. The number of hydrogen-bond donors (Lipinski definition) is 2. The number of benzene rings is 1. The van der Waals surface area contributed by atoms with Crippen LogP contribution in [0.25, 0.3) is 0 Å². The first-order chi connectivity index (χ1) is 9.69. The van der Waals surface area contributed by atoms with Gasteiger partial charge in [-0.25, -0.2) is 0 Å². The molecule has 0 aliphatic carbocycles. The first kappa shape index (κ1) is 15.5. The molecule has 2 N–H and O–H groups in total. The number of halogens is 1. The molecule has 0 aromatic heterocycles. The van der Waals surface area contributed by atoms with E-state index in [1.165, 1.54) is 6.42 Å². The molecule has 5 heteroatoms. The fourth-order valence-corrected chi connectivity index (χ4v) is 3.09. The van der Waals surface area contributed by atoms with Crippen LogP contribution < -0.4 is 5.32 Å². The lowest BCUT2D eigenvalue weighted by molar-refractivity contribution is -0.118. The molecule has 2 rings (SSSR count). The average Bonchev–Trinajstić information content (AvgIpc) is 2.41. The van der Waals surface area contributed by atoms with Gasteiger partial charge in [0.15, 0.2) is 0 Å². The zero-order valence-corrected chi connectivity index (χ0v) is 13.1. The molecule has 0 saturated carbocycles. The summed E-state index contributed by atoms with van der Waals surface area (Å²) in [5.41, 5.74) is 0.806. The Balaban J connectivity index is 1.89. The molecule has 1 amide bonds. The predicted octanol–water partition coefficient (Wildman–Crippen LogP) is 2.62. The molecule has 1 saturated heterocycles. The summed E-state index contributed by atoms with van der Waals surface area (Å²) in [6.07, 6.45) is 4.15. The molecule has 1 fully saturated rings. The number of aliphatic hydroxyl groups is 1. The maximum absolute atomic E-state index is 12.1. The second-order valence-electron chi connectivity index (χ2n) is 5.19. The van der Waals surface area contributed by atoms with Gasteiger partial charge in [-0.05, 0) is 44.0 Å². The Morgan fingerprint density at radius 2 is 2.30 bits per heavy atom. The first-order valence-electron chi connectivity index (χ1n) is 7.09. The summed E-state index contributed by atoms with van der Waals surface area (Å²) in [5.74, 6) is 0.00735. The Kier molecular flexibility index (Phi) is 6.01. The second kappa shape index (κ2) is 7.76. The Bertz CT molecular complexity index is 451. The maximum Gasteiger partial charge on any atom is 0.238 e. The first-order valence-corrected chi connectivity index (χ1v) is 7.88. The third-order valence-corrected chi connectivity index (χ3v) is 4.16. The van der Waals surface area contributed by atoms with E-state index in [2.05, 4.69) is 26.1 Å². The van der Waals surface area contributed by atoms with Crippen molar-refractivity contribution in [2.45, 2.75) is 31.7 Å². The van der Waals surface area contributed by atoms with Crippen LogP contribution in [-0.4, -0.2) is 41.7 Å². The molecule has 0 spiro atoms. The van der Waals surface area contributed by atoms with Gasteiger partial charge >= 0.3 is 0 Å². The van der Waals surface area contributed by atoms with Crippen molar-refractivity contribution in [3.63, 3.8) is 0 Å². The Labute approximate surface area is 128 Å². The van der Waals surface area contributed by atoms with E-state index in [-0.39, 0.29) is 12.5 Å². The SMILES string of the molecule is O=C(CN1CCCCC1CCO)Nc1cccc(Br)c1. The summed E-state index contributed by atoms with van der Waals surface area (Å²) in [4.78, 5) is 14.3. The number of anilines is 1. The van der Waals surface area contributed by atoms with Gasteiger partial charge in [0, 0.05) is 22.8 Å². The fraction of sp³-hybridized carbons (Fsp3) is 0.533. The third kappa shape index (κ3) is 4.58. The monoisotopic (exact) mass is 340 g/mol. The molecule has 20 heavy (non-hydrogen) atoms. The van der Waals surface area contributed by atoms with Crippen LogP contribution in [0.1, 0.15) is 25.7 Å². The summed E-state index contributed by atoms with van der Waals surface area (Å²) in [6, 6.07) is 7.93. The molecule has 1 aromatic rings. The number of likely N-dealkylation sites (tertiary alicyclic amines) is 1. The normalized spacial score (nSPS) is 19.8. The average molecular weight is 341 g/mol.